The summed E-state index contributed by atoms with van der Waals surface area (Å²) in [5.41, 5.74) is -2.00. The minimum Gasteiger partial charge on any atom is -0.359 e. The summed E-state index contributed by atoms with van der Waals surface area (Å²) < 4.78 is 12.4. The van der Waals surface area contributed by atoms with Gasteiger partial charge in [0.2, 0.25) is 5.91 Å². The number of halogens is 2. The monoisotopic (exact) mass is 222 g/mol. The lowest BCUT2D eigenvalue weighted by atomic mass is 10.1. The molecule has 4 nitrogen and oxygen atoms in total. The van der Waals surface area contributed by atoms with Gasteiger partial charge in [0.1, 0.15) is 0 Å². The molecule has 80 valence electrons. The summed E-state index contributed by atoms with van der Waals surface area (Å²) in [7, 11) is 1.53. The Morgan fingerprint density at radius 2 is 2.29 bits per heavy atom. The third-order valence-electron chi connectivity index (χ3n) is 2.30. The summed E-state index contributed by atoms with van der Waals surface area (Å²) in [6.07, 6.45) is 0.565. The van der Waals surface area contributed by atoms with Crippen LogP contribution >= 0.6 is 11.6 Å². The van der Waals surface area contributed by atoms with Crippen molar-refractivity contribution in [2.75, 3.05) is 20.1 Å². The smallest absolute Gasteiger partial charge is 0.272 e. The third kappa shape index (κ3) is 2.35. The first kappa shape index (κ1) is 11.2. The van der Waals surface area contributed by atoms with Gasteiger partial charge in [-0.05, 0) is 6.42 Å². The van der Waals surface area contributed by atoms with Crippen molar-refractivity contribution in [1.29, 1.82) is 0 Å². The van der Waals surface area contributed by atoms with Crippen molar-refractivity contribution in [3.8, 4) is 0 Å². The van der Waals surface area contributed by atoms with E-state index in [4.69, 9.17) is 11.6 Å². The van der Waals surface area contributed by atoms with E-state index in [0.29, 0.717) is 13.0 Å². The lowest BCUT2D eigenvalue weighted by Gasteiger charge is -2.15. The van der Waals surface area contributed by atoms with Gasteiger partial charge in [-0.2, -0.15) is 0 Å². The van der Waals surface area contributed by atoms with Gasteiger partial charge in [-0.25, -0.2) is 4.39 Å². The summed E-state index contributed by atoms with van der Waals surface area (Å²) in [4.78, 5) is 23.5. The highest BCUT2D eigenvalue weighted by Gasteiger charge is 2.32. The number of rotatable bonds is 2. The first-order valence-corrected chi connectivity index (χ1v) is 4.78. The molecule has 1 N–H and O–H groups in total. The van der Waals surface area contributed by atoms with Crippen molar-refractivity contribution in [2.45, 2.75) is 12.1 Å². The van der Waals surface area contributed by atoms with Crippen LogP contribution in [-0.4, -0.2) is 42.5 Å². The normalized spacial score (nSPS) is 23.4. The van der Waals surface area contributed by atoms with Crippen molar-refractivity contribution in [3.63, 3.8) is 0 Å². The molecule has 2 amide bonds. The van der Waals surface area contributed by atoms with Gasteiger partial charge >= 0.3 is 0 Å². The van der Waals surface area contributed by atoms with Crippen LogP contribution in [0, 0.1) is 5.92 Å². The molecule has 1 fully saturated rings. The lowest BCUT2D eigenvalue weighted by Crippen LogP contribution is -2.35. The van der Waals surface area contributed by atoms with E-state index in [2.05, 4.69) is 5.32 Å². The average Bonchev–Trinajstić information content (AvgIpc) is 2.64. The molecule has 2 atom stereocenters. The summed E-state index contributed by atoms with van der Waals surface area (Å²) in [5.74, 6) is -1.11. The molecule has 0 unspecified atom stereocenters. The zero-order chi connectivity index (χ0) is 10.7. The van der Waals surface area contributed by atoms with E-state index in [1.807, 2.05) is 0 Å². The van der Waals surface area contributed by atoms with Crippen LogP contribution in [0.2, 0.25) is 0 Å². The molecule has 0 saturated carbocycles. The topological polar surface area (TPSA) is 49.4 Å². The Morgan fingerprint density at radius 3 is 2.79 bits per heavy atom. The summed E-state index contributed by atoms with van der Waals surface area (Å²) in [6, 6.07) is 0. The van der Waals surface area contributed by atoms with E-state index < -0.39 is 11.5 Å². The van der Waals surface area contributed by atoms with Crippen LogP contribution < -0.4 is 5.32 Å². The van der Waals surface area contributed by atoms with E-state index in [1.54, 1.807) is 0 Å². The van der Waals surface area contributed by atoms with Gasteiger partial charge in [-0.15, -0.1) is 0 Å². The van der Waals surface area contributed by atoms with Crippen LogP contribution in [0.4, 0.5) is 4.39 Å². The van der Waals surface area contributed by atoms with Crippen LogP contribution in [-0.2, 0) is 9.59 Å². The maximum Gasteiger partial charge on any atom is 0.272 e. The molecule has 1 heterocycles. The van der Waals surface area contributed by atoms with Gasteiger partial charge in [0.05, 0.1) is 5.92 Å². The average molecular weight is 223 g/mol. The highest BCUT2D eigenvalue weighted by molar-refractivity contribution is 6.29. The van der Waals surface area contributed by atoms with Gasteiger partial charge < -0.3 is 10.2 Å². The molecule has 0 spiro atoms. The van der Waals surface area contributed by atoms with Crippen LogP contribution in [0.15, 0.2) is 0 Å². The number of nitrogens with zero attached hydrogens (tertiary/aromatic N) is 1. The predicted octanol–water partition coefficient (Wildman–Crippen LogP) is 0.115. The quantitative estimate of drug-likeness (QED) is 0.675. The van der Waals surface area contributed by atoms with Crippen molar-refractivity contribution in [3.05, 3.63) is 0 Å². The number of hydrogen-bond acceptors (Lipinski definition) is 2. The van der Waals surface area contributed by atoms with Gasteiger partial charge in [0, 0.05) is 20.1 Å². The molecule has 1 aliphatic heterocycles. The summed E-state index contributed by atoms with van der Waals surface area (Å²) in [6.45, 7) is 0.649. The highest BCUT2D eigenvalue weighted by Crippen LogP contribution is 2.18. The molecule has 0 aliphatic carbocycles. The SMILES string of the molecule is CNC(=O)[C@H]1CCN(C(=O)[C@H](F)Cl)C1. The van der Waals surface area contributed by atoms with Crippen molar-refractivity contribution in [2.24, 2.45) is 5.92 Å². The molecule has 0 radical (unpaired) electrons. The lowest BCUT2D eigenvalue weighted by molar-refractivity contribution is -0.133. The Morgan fingerprint density at radius 1 is 1.64 bits per heavy atom. The van der Waals surface area contributed by atoms with E-state index in [-0.39, 0.29) is 18.4 Å². The van der Waals surface area contributed by atoms with Crippen molar-refractivity contribution >= 4 is 23.4 Å². The zero-order valence-corrected chi connectivity index (χ0v) is 8.55. The van der Waals surface area contributed by atoms with E-state index in [0.717, 1.165) is 0 Å². The molecule has 6 heteroatoms. The molecule has 14 heavy (non-hydrogen) atoms. The number of hydrogen-bond donors (Lipinski definition) is 1. The molecule has 0 aromatic heterocycles. The summed E-state index contributed by atoms with van der Waals surface area (Å²) in [5, 5.41) is 2.49. The second-order valence-corrected chi connectivity index (χ2v) is 3.57. The zero-order valence-electron chi connectivity index (χ0n) is 7.80. The fraction of sp³-hybridized carbons (Fsp3) is 0.750. The number of carbonyl (C=O) groups is 2. The minimum atomic E-state index is -2.00. The van der Waals surface area contributed by atoms with E-state index in [9.17, 15) is 14.0 Å². The number of amides is 2. The summed E-state index contributed by atoms with van der Waals surface area (Å²) >= 11 is 5.01. The fourth-order valence-corrected chi connectivity index (χ4v) is 1.65. The van der Waals surface area contributed by atoms with Gasteiger partial charge in [-0.1, -0.05) is 11.6 Å². The Kier molecular flexibility index (Phi) is 3.69. The first-order chi connectivity index (χ1) is 6.56. The number of alkyl halides is 2. The molecule has 1 saturated heterocycles. The maximum absolute atomic E-state index is 12.4. The minimum absolute atomic E-state index is 0.120. The predicted molar refractivity (Wildman–Crippen MR) is 49.5 cm³/mol. The fourth-order valence-electron chi connectivity index (χ4n) is 1.52. The Bertz CT molecular complexity index is 247. The van der Waals surface area contributed by atoms with Crippen LogP contribution in [0.1, 0.15) is 6.42 Å². The van der Waals surface area contributed by atoms with Crippen molar-refractivity contribution < 1.29 is 14.0 Å². The number of carbonyl (C=O) groups excluding carboxylic acids is 2. The highest BCUT2D eigenvalue weighted by atomic mass is 35.5. The molecular formula is C8H12ClFN2O2. The van der Waals surface area contributed by atoms with E-state index in [1.165, 1.54) is 11.9 Å². The largest absolute Gasteiger partial charge is 0.359 e. The third-order valence-corrected chi connectivity index (χ3v) is 2.49. The van der Waals surface area contributed by atoms with Crippen LogP contribution in [0.5, 0.6) is 0 Å². The molecular weight excluding hydrogens is 211 g/mol. The second kappa shape index (κ2) is 4.59. The molecule has 1 rings (SSSR count). The van der Waals surface area contributed by atoms with Crippen LogP contribution in [0.25, 0.3) is 0 Å². The van der Waals surface area contributed by atoms with Gasteiger partial charge in [0.15, 0.2) is 0 Å². The van der Waals surface area contributed by atoms with E-state index >= 15 is 0 Å². The standard InChI is InChI=1S/C8H12ClFN2O2/c1-11-7(13)5-2-3-12(4-5)8(14)6(9)10/h5-6H,2-4H2,1H3,(H,11,13)/t5-,6-/m0/s1. The Balaban J connectivity index is 2.49. The molecule has 1 aliphatic rings. The Hall–Kier alpha value is -0.840. The number of nitrogens with one attached hydrogen (secondary N) is 1. The first-order valence-electron chi connectivity index (χ1n) is 4.34. The van der Waals surface area contributed by atoms with Gasteiger partial charge in [-0.3, -0.25) is 9.59 Å². The Labute approximate surface area is 86.4 Å². The number of likely N-dealkylation sites (tertiary alicyclic amines) is 1. The van der Waals surface area contributed by atoms with Crippen LogP contribution in [0.3, 0.4) is 0 Å². The maximum atomic E-state index is 12.4. The van der Waals surface area contributed by atoms with Crippen molar-refractivity contribution in [1.82, 2.24) is 10.2 Å². The second-order valence-electron chi connectivity index (χ2n) is 3.18. The molecule has 0 bridgehead atoms. The molecule has 0 aromatic rings. The molecule has 0 aromatic carbocycles. The van der Waals surface area contributed by atoms with Gasteiger partial charge in [0.25, 0.3) is 11.5 Å².